The summed E-state index contributed by atoms with van der Waals surface area (Å²) < 4.78 is 5.33. The van der Waals surface area contributed by atoms with E-state index in [4.69, 9.17) is 4.74 Å². The lowest BCUT2D eigenvalue weighted by Gasteiger charge is -2.20. The van der Waals surface area contributed by atoms with E-state index in [2.05, 4.69) is 34.9 Å². The number of carbonyl (C=O) groups is 1. The minimum atomic E-state index is -0.115. The molecule has 0 aliphatic carbocycles. The number of aryl methyl sites for hydroxylation is 1. The lowest BCUT2D eigenvalue weighted by Crippen LogP contribution is -2.32. The fraction of sp³-hybridized carbons (Fsp3) is 0.174. The number of amides is 1. The van der Waals surface area contributed by atoms with Gasteiger partial charge >= 0.3 is 0 Å². The van der Waals surface area contributed by atoms with Gasteiger partial charge in [0.2, 0.25) is 5.91 Å². The second-order valence-electron chi connectivity index (χ2n) is 6.39. The molecule has 0 saturated carbocycles. The molecule has 4 nitrogen and oxygen atoms in total. The molecule has 138 valence electrons. The molecule has 0 fully saturated rings. The van der Waals surface area contributed by atoms with E-state index in [-0.39, 0.29) is 18.5 Å². The highest BCUT2D eigenvalue weighted by atomic mass is 16.5. The molecule has 0 unspecified atom stereocenters. The van der Waals surface area contributed by atoms with Crippen LogP contribution >= 0.6 is 0 Å². The Kier molecular flexibility index (Phi) is 6.23. The van der Waals surface area contributed by atoms with Gasteiger partial charge < -0.3 is 10.1 Å². The largest absolute Gasteiger partial charge is 0.495 e. The molecule has 1 amide bonds. The zero-order valence-electron chi connectivity index (χ0n) is 15.6. The first-order valence-electron chi connectivity index (χ1n) is 8.95. The van der Waals surface area contributed by atoms with Crippen LogP contribution in [0.2, 0.25) is 0 Å². The van der Waals surface area contributed by atoms with Crippen LogP contribution in [0.4, 0.5) is 5.69 Å². The van der Waals surface area contributed by atoms with Crippen molar-refractivity contribution in [3.8, 4) is 5.75 Å². The second kappa shape index (κ2) is 9.01. The van der Waals surface area contributed by atoms with Crippen LogP contribution in [-0.2, 0) is 4.79 Å². The number of methoxy groups -OCH3 is 1. The van der Waals surface area contributed by atoms with Gasteiger partial charge in [0, 0.05) is 0 Å². The summed E-state index contributed by atoms with van der Waals surface area (Å²) in [7, 11) is 1.60. The molecule has 0 radical (unpaired) electrons. The van der Waals surface area contributed by atoms with Crippen molar-refractivity contribution < 1.29 is 9.53 Å². The van der Waals surface area contributed by atoms with Crippen LogP contribution in [0.1, 0.15) is 22.7 Å². The molecule has 3 aromatic carbocycles. The van der Waals surface area contributed by atoms with Gasteiger partial charge in [0.25, 0.3) is 0 Å². The quantitative estimate of drug-likeness (QED) is 0.660. The molecule has 27 heavy (non-hydrogen) atoms. The molecule has 0 aromatic heterocycles. The summed E-state index contributed by atoms with van der Waals surface area (Å²) in [5, 5.41) is 6.31. The van der Waals surface area contributed by atoms with E-state index < -0.39 is 0 Å². The maximum Gasteiger partial charge on any atom is 0.238 e. The van der Waals surface area contributed by atoms with Gasteiger partial charge in [0.15, 0.2) is 0 Å². The fourth-order valence-electron chi connectivity index (χ4n) is 3.03. The Morgan fingerprint density at radius 1 is 0.926 bits per heavy atom. The minimum Gasteiger partial charge on any atom is -0.495 e. The van der Waals surface area contributed by atoms with E-state index in [0.29, 0.717) is 11.4 Å². The van der Waals surface area contributed by atoms with Gasteiger partial charge in [-0.3, -0.25) is 10.1 Å². The van der Waals surface area contributed by atoms with E-state index in [0.717, 1.165) is 16.7 Å². The Bertz CT molecular complexity index is 840. The zero-order valence-corrected chi connectivity index (χ0v) is 15.6. The summed E-state index contributed by atoms with van der Waals surface area (Å²) >= 11 is 0. The first kappa shape index (κ1) is 18.7. The van der Waals surface area contributed by atoms with Crippen molar-refractivity contribution in [1.82, 2.24) is 5.32 Å². The van der Waals surface area contributed by atoms with Crippen LogP contribution in [0, 0.1) is 6.92 Å². The number of rotatable bonds is 7. The van der Waals surface area contributed by atoms with Gasteiger partial charge in [-0.15, -0.1) is 0 Å². The molecule has 0 spiro atoms. The van der Waals surface area contributed by atoms with Crippen molar-refractivity contribution in [2.75, 3.05) is 19.0 Å². The smallest absolute Gasteiger partial charge is 0.238 e. The summed E-state index contributed by atoms with van der Waals surface area (Å²) in [4.78, 5) is 12.5. The number of hydrogen-bond donors (Lipinski definition) is 2. The highest BCUT2D eigenvalue weighted by Crippen LogP contribution is 2.25. The summed E-state index contributed by atoms with van der Waals surface area (Å²) in [6, 6.07) is 25.9. The Balaban J connectivity index is 1.72. The standard InChI is InChI=1S/C23H24N2O2/c1-17-13-14-21(27-2)20(15-17)25-22(26)16-24-23(18-9-5-3-6-10-18)19-11-7-4-8-12-19/h3-15,23-24H,16H2,1-2H3,(H,25,26). The zero-order chi connectivity index (χ0) is 19.1. The third kappa shape index (κ3) is 4.96. The second-order valence-corrected chi connectivity index (χ2v) is 6.39. The van der Waals surface area contributed by atoms with Gasteiger partial charge in [-0.2, -0.15) is 0 Å². The van der Waals surface area contributed by atoms with E-state index in [1.165, 1.54) is 0 Å². The first-order chi connectivity index (χ1) is 13.2. The maximum atomic E-state index is 12.5. The molecule has 0 bridgehead atoms. The topological polar surface area (TPSA) is 50.4 Å². The molecule has 4 heteroatoms. The van der Waals surface area contributed by atoms with Crippen LogP contribution in [0.3, 0.4) is 0 Å². The lowest BCUT2D eigenvalue weighted by atomic mass is 9.99. The molecule has 2 N–H and O–H groups in total. The third-order valence-corrected chi connectivity index (χ3v) is 4.36. The van der Waals surface area contributed by atoms with Crippen molar-refractivity contribution in [3.05, 3.63) is 95.6 Å². The number of ether oxygens (including phenoxy) is 1. The summed E-state index contributed by atoms with van der Waals surface area (Å²) in [5.74, 6) is 0.535. The van der Waals surface area contributed by atoms with Gasteiger partial charge in [0.05, 0.1) is 25.4 Å². The summed E-state index contributed by atoms with van der Waals surface area (Å²) in [6.07, 6.45) is 0. The molecule has 0 saturated heterocycles. The van der Waals surface area contributed by atoms with Crippen LogP contribution in [0.15, 0.2) is 78.9 Å². The van der Waals surface area contributed by atoms with Gasteiger partial charge in [0.1, 0.15) is 5.75 Å². The van der Waals surface area contributed by atoms with Crippen LogP contribution in [-0.4, -0.2) is 19.6 Å². The monoisotopic (exact) mass is 360 g/mol. The van der Waals surface area contributed by atoms with Crippen LogP contribution < -0.4 is 15.4 Å². The van der Waals surface area contributed by atoms with Crippen molar-refractivity contribution >= 4 is 11.6 Å². The van der Waals surface area contributed by atoms with E-state index in [1.54, 1.807) is 7.11 Å². The average Bonchev–Trinajstić information content (AvgIpc) is 2.70. The molecule has 0 aliphatic rings. The molecular formula is C23H24N2O2. The number of hydrogen-bond acceptors (Lipinski definition) is 3. The molecule has 0 aliphatic heterocycles. The number of carbonyl (C=O) groups excluding carboxylic acids is 1. The molecule has 3 aromatic rings. The van der Waals surface area contributed by atoms with Gasteiger partial charge in [-0.1, -0.05) is 66.7 Å². The molecular weight excluding hydrogens is 336 g/mol. The predicted octanol–water partition coefficient (Wildman–Crippen LogP) is 4.32. The van der Waals surface area contributed by atoms with E-state index >= 15 is 0 Å². The fourth-order valence-corrected chi connectivity index (χ4v) is 3.03. The minimum absolute atomic E-state index is 0.0578. The Labute approximate surface area is 160 Å². The lowest BCUT2D eigenvalue weighted by molar-refractivity contribution is -0.115. The van der Waals surface area contributed by atoms with E-state index in [1.807, 2.05) is 61.5 Å². The van der Waals surface area contributed by atoms with E-state index in [9.17, 15) is 4.79 Å². The van der Waals surface area contributed by atoms with Gasteiger partial charge in [-0.25, -0.2) is 0 Å². The van der Waals surface area contributed by atoms with Crippen LogP contribution in [0.25, 0.3) is 0 Å². The highest BCUT2D eigenvalue weighted by molar-refractivity contribution is 5.93. The molecule has 0 atom stereocenters. The summed E-state index contributed by atoms with van der Waals surface area (Å²) in [6.45, 7) is 2.17. The van der Waals surface area contributed by atoms with Crippen molar-refractivity contribution in [2.24, 2.45) is 0 Å². The van der Waals surface area contributed by atoms with Crippen molar-refractivity contribution in [2.45, 2.75) is 13.0 Å². The average molecular weight is 360 g/mol. The third-order valence-electron chi connectivity index (χ3n) is 4.36. The Hall–Kier alpha value is -3.11. The predicted molar refractivity (Wildman–Crippen MR) is 109 cm³/mol. The number of nitrogens with one attached hydrogen (secondary N) is 2. The number of benzene rings is 3. The molecule has 0 heterocycles. The normalized spacial score (nSPS) is 10.6. The summed E-state index contributed by atoms with van der Waals surface area (Å²) in [5.41, 5.74) is 3.97. The maximum absolute atomic E-state index is 12.5. The van der Waals surface area contributed by atoms with Crippen LogP contribution in [0.5, 0.6) is 5.75 Å². The highest BCUT2D eigenvalue weighted by Gasteiger charge is 2.15. The first-order valence-corrected chi connectivity index (χ1v) is 8.95. The molecule has 3 rings (SSSR count). The van der Waals surface area contributed by atoms with Crippen molar-refractivity contribution in [1.29, 1.82) is 0 Å². The number of anilines is 1. The Morgan fingerprint density at radius 2 is 1.52 bits per heavy atom. The SMILES string of the molecule is COc1ccc(C)cc1NC(=O)CNC(c1ccccc1)c1ccccc1. The Morgan fingerprint density at radius 3 is 2.07 bits per heavy atom. The van der Waals surface area contributed by atoms with Crippen molar-refractivity contribution in [3.63, 3.8) is 0 Å². The van der Waals surface area contributed by atoms with Gasteiger partial charge in [-0.05, 0) is 35.7 Å².